The van der Waals surface area contributed by atoms with Gasteiger partial charge in [0.05, 0.1) is 19.8 Å². The molecule has 1 fully saturated rings. The molecule has 23 heavy (non-hydrogen) atoms. The molecule has 0 bridgehead atoms. The van der Waals surface area contributed by atoms with Crippen molar-refractivity contribution >= 4 is 17.0 Å². The lowest BCUT2D eigenvalue weighted by molar-refractivity contribution is -0.281. The van der Waals surface area contributed by atoms with Gasteiger partial charge in [-0.25, -0.2) is 4.21 Å². The summed E-state index contributed by atoms with van der Waals surface area (Å²) >= 11 is -3.65. The van der Waals surface area contributed by atoms with E-state index in [1.165, 1.54) is 0 Å². The smallest absolute Gasteiger partial charge is 0.465 e. The molecule has 1 unspecified atom stereocenters. The van der Waals surface area contributed by atoms with Gasteiger partial charge in [-0.2, -0.15) is 13.2 Å². The highest BCUT2D eigenvalue weighted by Gasteiger charge is 2.53. The van der Waals surface area contributed by atoms with Crippen LogP contribution in [0.15, 0.2) is 12.3 Å². The Balaban J connectivity index is 2.98. The molecule has 6 nitrogen and oxygen atoms in total. The lowest BCUT2D eigenvalue weighted by Crippen LogP contribution is -2.52. The zero-order chi connectivity index (χ0) is 17.9. The minimum absolute atomic E-state index is 0.0552. The van der Waals surface area contributed by atoms with E-state index in [2.05, 4.69) is 10.8 Å². The Bertz CT molecular complexity index is 479. The molecule has 0 aromatic rings. The molecular formula is C13H19F3O6S. The number of halogens is 3. The minimum atomic E-state index is -5.10. The maximum absolute atomic E-state index is 12.4. The van der Waals surface area contributed by atoms with Gasteiger partial charge in [0.15, 0.2) is 11.2 Å². The van der Waals surface area contributed by atoms with Crippen LogP contribution in [-0.4, -0.2) is 41.3 Å². The summed E-state index contributed by atoms with van der Waals surface area (Å²) < 4.78 is 68.2. The number of esters is 1. The van der Waals surface area contributed by atoms with Gasteiger partial charge in [-0.15, -0.1) is 0 Å². The molecule has 0 aliphatic carbocycles. The lowest BCUT2D eigenvalue weighted by Gasteiger charge is -2.41. The average Bonchev–Trinajstić information content (AvgIpc) is 2.43. The van der Waals surface area contributed by atoms with Gasteiger partial charge in [0, 0.05) is 0 Å². The predicted octanol–water partition coefficient (Wildman–Crippen LogP) is 2.42. The Hall–Kier alpha value is -1.13. The summed E-state index contributed by atoms with van der Waals surface area (Å²) in [4.78, 5) is 12.3. The number of hydrogen-bond donors (Lipinski definition) is 0. The van der Waals surface area contributed by atoms with E-state index in [-0.39, 0.29) is 19.8 Å². The molecule has 0 saturated carbocycles. The summed E-state index contributed by atoms with van der Waals surface area (Å²) in [6.45, 7) is 7.53. The van der Waals surface area contributed by atoms with Crippen LogP contribution in [0.2, 0.25) is 0 Å². The van der Waals surface area contributed by atoms with E-state index in [0.717, 1.165) is 0 Å². The molecule has 1 aliphatic heterocycles. The Labute approximate surface area is 134 Å². The SMILES string of the molecule is C=C(OS(=O)C(F)(F)F)C1(C(=O)OCCC)COC(C)(C)OC1. The quantitative estimate of drug-likeness (QED) is 0.535. The molecule has 1 atom stereocenters. The monoisotopic (exact) mass is 360 g/mol. The summed E-state index contributed by atoms with van der Waals surface area (Å²) in [7, 11) is 0. The summed E-state index contributed by atoms with van der Waals surface area (Å²) in [6.07, 6.45) is 0.511. The van der Waals surface area contributed by atoms with Crippen LogP contribution in [0.5, 0.6) is 0 Å². The van der Waals surface area contributed by atoms with Crippen molar-refractivity contribution in [3.63, 3.8) is 0 Å². The average molecular weight is 360 g/mol. The molecule has 1 saturated heterocycles. The van der Waals surface area contributed by atoms with Gasteiger partial charge in [0.25, 0.3) is 0 Å². The maximum atomic E-state index is 12.4. The first-order chi connectivity index (χ1) is 10.4. The second-order valence-electron chi connectivity index (χ2n) is 5.38. The number of alkyl halides is 3. The van der Waals surface area contributed by atoms with Crippen LogP contribution in [0.4, 0.5) is 13.2 Å². The first kappa shape index (κ1) is 19.9. The molecule has 1 heterocycles. The summed E-state index contributed by atoms with van der Waals surface area (Å²) in [5, 5.41) is 0. The Morgan fingerprint density at radius 2 is 1.83 bits per heavy atom. The standard InChI is InChI=1S/C13H19F3O6S/c1-5-6-19-10(17)12(7-20-11(3,4)21-8-12)9(2)22-23(18)13(14,15)16/h2,5-8H2,1,3-4H3. The van der Waals surface area contributed by atoms with E-state index in [0.29, 0.717) is 6.42 Å². The van der Waals surface area contributed by atoms with E-state index < -0.39 is 39.5 Å². The molecule has 0 aromatic heterocycles. The van der Waals surface area contributed by atoms with E-state index in [9.17, 15) is 22.2 Å². The van der Waals surface area contributed by atoms with Crippen molar-refractivity contribution in [3.05, 3.63) is 12.3 Å². The fourth-order valence-electron chi connectivity index (χ4n) is 1.62. The highest BCUT2D eigenvalue weighted by molar-refractivity contribution is 7.81. The Morgan fingerprint density at radius 3 is 2.26 bits per heavy atom. The van der Waals surface area contributed by atoms with Crippen LogP contribution < -0.4 is 0 Å². The van der Waals surface area contributed by atoms with Gasteiger partial charge in [0.2, 0.25) is 0 Å². The molecular weight excluding hydrogens is 341 g/mol. The van der Waals surface area contributed by atoms with Gasteiger partial charge in [-0.1, -0.05) is 13.5 Å². The van der Waals surface area contributed by atoms with E-state index in [1.807, 2.05) is 0 Å². The minimum Gasteiger partial charge on any atom is -0.465 e. The van der Waals surface area contributed by atoms with Crippen molar-refractivity contribution in [2.45, 2.75) is 38.5 Å². The zero-order valence-corrected chi connectivity index (χ0v) is 13.8. The van der Waals surface area contributed by atoms with Crippen LogP contribution >= 0.6 is 0 Å². The van der Waals surface area contributed by atoms with Crippen LogP contribution in [0.25, 0.3) is 0 Å². The number of hydrogen-bond acceptors (Lipinski definition) is 6. The fraction of sp³-hybridized carbons (Fsp3) is 0.769. The number of carbonyl (C=O) groups excluding carboxylic acids is 1. The third kappa shape index (κ3) is 4.92. The van der Waals surface area contributed by atoms with Crippen LogP contribution in [-0.2, 0) is 34.3 Å². The fourth-order valence-corrected chi connectivity index (χ4v) is 2.06. The molecule has 0 aromatic carbocycles. The zero-order valence-electron chi connectivity index (χ0n) is 13.0. The largest absolute Gasteiger partial charge is 0.508 e. The van der Waals surface area contributed by atoms with Crippen LogP contribution in [0.1, 0.15) is 27.2 Å². The number of rotatable bonds is 6. The first-order valence-corrected chi connectivity index (χ1v) is 7.83. The number of carbonyl (C=O) groups is 1. The molecule has 134 valence electrons. The van der Waals surface area contributed by atoms with Gasteiger partial charge in [0.1, 0.15) is 5.76 Å². The lowest BCUT2D eigenvalue weighted by atomic mass is 9.87. The third-order valence-electron chi connectivity index (χ3n) is 3.06. The van der Waals surface area contributed by atoms with E-state index in [4.69, 9.17) is 14.2 Å². The first-order valence-electron chi connectivity index (χ1n) is 6.76. The molecule has 0 spiro atoms. The molecule has 0 N–H and O–H groups in total. The van der Waals surface area contributed by atoms with Crippen LogP contribution in [0.3, 0.4) is 0 Å². The highest BCUT2D eigenvalue weighted by atomic mass is 32.2. The molecule has 1 rings (SSSR count). The van der Waals surface area contributed by atoms with E-state index in [1.54, 1.807) is 20.8 Å². The van der Waals surface area contributed by atoms with Gasteiger partial charge < -0.3 is 18.4 Å². The van der Waals surface area contributed by atoms with Crippen molar-refractivity contribution in [1.82, 2.24) is 0 Å². The topological polar surface area (TPSA) is 71.1 Å². The normalized spacial score (nSPS) is 21.3. The van der Waals surface area contributed by atoms with Gasteiger partial charge in [-0.05, 0) is 20.3 Å². The summed E-state index contributed by atoms with van der Waals surface area (Å²) in [5.41, 5.74) is -6.92. The van der Waals surface area contributed by atoms with Crippen molar-refractivity contribution in [2.75, 3.05) is 19.8 Å². The van der Waals surface area contributed by atoms with Crippen molar-refractivity contribution < 1.29 is 40.6 Å². The predicted molar refractivity (Wildman–Crippen MR) is 74.1 cm³/mol. The number of ether oxygens (including phenoxy) is 3. The Morgan fingerprint density at radius 1 is 1.30 bits per heavy atom. The van der Waals surface area contributed by atoms with Crippen LogP contribution in [0, 0.1) is 5.41 Å². The summed E-state index contributed by atoms with van der Waals surface area (Å²) in [5.74, 6) is -2.61. The van der Waals surface area contributed by atoms with Crippen molar-refractivity contribution in [2.24, 2.45) is 5.41 Å². The van der Waals surface area contributed by atoms with E-state index >= 15 is 0 Å². The second-order valence-corrected chi connectivity index (χ2v) is 6.48. The molecule has 0 amide bonds. The van der Waals surface area contributed by atoms with Gasteiger partial charge in [-0.3, -0.25) is 4.79 Å². The molecule has 0 radical (unpaired) electrons. The third-order valence-corrected chi connectivity index (χ3v) is 3.79. The summed E-state index contributed by atoms with van der Waals surface area (Å²) in [6, 6.07) is 0. The maximum Gasteiger partial charge on any atom is 0.508 e. The van der Waals surface area contributed by atoms with Crippen molar-refractivity contribution in [1.29, 1.82) is 0 Å². The Kier molecular flexibility index (Phi) is 6.22. The second kappa shape index (κ2) is 7.18. The van der Waals surface area contributed by atoms with Crippen molar-refractivity contribution in [3.8, 4) is 0 Å². The molecule has 1 aliphatic rings. The highest BCUT2D eigenvalue weighted by Crippen LogP contribution is 2.38. The van der Waals surface area contributed by atoms with Gasteiger partial charge >= 0.3 is 22.6 Å². The molecule has 10 heteroatoms.